The zero-order chi connectivity index (χ0) is 12.8. The minimum absolute atomic E-state index is 1.55. The molecule has 2 unspecified atom stereocenters. The van der Waals surface area contributed by atoms with E-state index in [0.29, 0.717) is 0 Å². The highest BCUT2D eigenvalue weighted by Gasteiger charge is 2.26. The lowest BCUT2D eigenvalue weighted by molar-refractivity contribution is -0.140. The van der Waals surface area contributed by atoms with Crippen molar-refractivity contribution in [3.8, 4) is 0 Å². The van der Waals surface area contributed by atoms with Gasteiger partial charge in [0.05, 0.1) is 0 Å². The van der Waals surface area contributed by atoms with Gasteiger partial charge in [-0.15, -0.1) is 0 Å². The third kappa shape index (κ3) is 13.4. The van der Waals surface area contributed by atoms with E-state index in [-0.39, 0.29) is 0 Å². The average molecular weight is 265 g/mol. The molecule has 10 nitrogen and oxygen atoms in total. The van der Waals surface area contributed by atoms with Crippen LogP contribution in [0.2, 0.25) is 0 Å². The van der Waals surface area contributed by atoms with Crippen molar-refractivity contribution in [2.24, 2.45) is 5.73 Å². The molecule has 90 valence electrons. The first-order valence-corrected chi connectivity index (χ1v) is 5.86. The summed E-state index contributed by atoms with van der Waals surface area (Å²) in [6.07, 6.45) is 0. The number of rotatable bonds is 3. The van der Waals surface area contributed by atoms with Crippen LogP contribution in [0.15, 0.2) is 0 Å². The first-order chi connectivity index (χ1) is 6.46. The molecule has 0 aliphatic carbocycles. The Bertz CT molecular complexity index is 301. The molecular formula is C3H9NO9P2. The van der Waals surface area contributed by atoms with Crippen molar-refractivity contribution in [2.75, 3.05) is 0 Å². The summed E-state index contributed by atoms with van der Waals surface area (Å²) >= 11 is 0. The molecule has 0 aromatic carbocycles. The van der Waals surface area contributed by atoms with Gasteiger partial charge in [0.1, 0.15) is 6.04 Å². The second kappa shape index (κ2) is 6.81. The standard InChI is InChI=1S/C3H6NO5P.H3O4P/c4-1(2(5)6)3(7)10(8)9;1-5(2,3)4/h1,3,7H,4H2,(H,5,6);(H3,1,2,3,4). The van der Waals surface area contributed by atoms with Gasteiger partial charge in [-0.05, 0) is 0 Å². The predicted molar refractivity (Wildman–Crippen MR) is 44.2 cm³/mol. The summed E-state index contributed by atoms with van der Waals surface area (Å²) in [5.74, 6) is -3.56. The van der Waals surface area contributed by atoms with Crippen LogP contribution in [0, 0.1) is 0 Å². The zero-order valence-electron chi connectivity index (χ0n) is 7.00. The Morgan fingerprint density at radius 3 is 1.60 bits per heavy atom. The van der Waals surface area contributed by atoms with Gasteiger partial charge < -0.3 is 30.6 Å². The summed E-state index contributed by atoms with van der Waals surface area (Å²) in [4.78, 5) is 31.5. The van der Waals surface area contributed by atoms with Crippen molar-refractivity contribution < 1.29 is 43.4 Å². The molecular weight excluding hydrogens is 256 g/mol. The monoisotopic (exact) mass is 265 g/mol. The number of aliphatic hydroxyl groups excluding tert-OH is 1. The number of carboxylic acid groups (broad SMARTS) is 1. The van der Waals surface area contributed by atoms with E-state index in [2.05, 4.69) is 0 Å². The van der Waals surface area contributed by atoms with Crippen LogP contribution >= 0.6 is 15.5 Å². The molecule has 0 amide bonds. The van der Waals surface area contributed by atoms with Crippen LogP contribution in [-0.4, -0.2) is 42.7 Å². The van der Waals surface area contributed by atoms with Crippen LogP contribution in [0.4, 0.5) is 0 Å². The van der Waals surface area contributed by atoms with Gasteiger partial charge in [0.25, 0.3) is 0 Å². The van der Waals surface area contributed by atoms with Gasteiger partial charge in [-0.3, -0.25) is 4.79 Å². The van der Waals surface area contributed by atoms with Gasteiger partial charge in [0.15, 0.2) is 5.85 Å². The normalized spacial score (nSPS) is 14.5. The summed E-state index contributed by atoms with van der Waals surface area (Å²) in [5.41, 5.74) is 4.73. The Balaban J connectivity index is 0. The molecule has 0 bridgehead atoms. The molecule has 0 aliphatic rings. The SMILES string of the molecule is NC(C(=O)O)C(O)P(=O)=O.O=P(O)(O)O. The number of hydrogen-bond acceptors (Lipinski definition) is 6. The molecule has 0 aliphatic heterocycles. The second-order valence-electron chi connectivity index (χ2n) is 2.08. The Morgan fingerprint density at radius 2 is 1.53 bits per heavy atom. The summed E-state index contributed by atoms with van der Waals surface area (Å²) < 4.78 is 28.7. The van der Waals surface area contributed by atoms with Crippen molar-refractivity contribution >= 4 is 21.5 Å². The molecule has 0 fully saturated rings. The van der Waals surface area contributed by atoms with E-state index in [1.807, 2.05) is 0 Å². The molecule has 12 heteroatoms. The van der Waals surface area contributed by atoms with E-state index in [0.717, 1.165) is 0 Å². The quantitative estimate of drug-likeness (QED) is 0.309. The number of aliphatic carboxylic acids is 1. The summed E-state index contributed by atoms with van der Waals surface area (Å²) in [6, 6.07) is -1.76. The van der Waals surface area contributed by atoms with Crippen LogP contribution in [0.1, 0.15) is 0 Å². The van der Waals surface area contributed by atoms with Crippen LogP contribution in [0.3, 0.4) is 0 Å². The fraction of sp³-hybridized carbons (Fsp3) is 0.667. The zero-order valence-corrected chi connectivity index (χ0v) is 8.78. The summed E-state index contributed by atoms with van der Waals surface area (Å²) in [6.45, 7) is 0. The Labute approximate surface area is 83.4 Å². The van der Waals surface area contributed by atoms with E-state index < -0.39 is 33.4 Å². The molecule has 7 N–H and O–H groups in total. The summed E-state index contributed by atoms with van der Waals surface area (Å²) in [5, 5.41) is 16.5. The number of hydrogen-bond donors (Lipinski definition) is 6. The minimum Gasteiger partial charge on any atom is -0.480 e. The van der Waals surface area contributed by atoms with Gasteiger partial charge in [0, 0.05) is 0 Å². The number of phosphoric acid groups is 1. The van der Waals surface area contributed by atoms with Crippen LogP contribution < -0.4 is 5.73 Å². The molecule has 0 heterocycles. The van der Waals surface area contributed by atoms with Gasteiger partial charge in [-0.1, -0.05) is 0 Å². The molecule has 0 aromatic heterocycles. The van der Waals surface area contributed by atoms with Crippen LogP contribution in [-0.2, 0) is 18.5 Å². The molecule has 15 heavy (non-hydrogen) atoms. The third-order valence-electron chi connectivity index (χ3n) is 0.822. The molecule has 0 rings (SSSR count). The number of nitrogens with two attached hydrogens (primary N) is 1. The topological polar surface area (TPSA) is 195 Å². The van der Waals surface area contributed by atoms with Gasteiger partial charge in [-0.25, -0.2) is 13.7 Å². The van der Waals surface area contributed by atoms with E-state index in [4.69, 9.17) is 35.2 Å². The van der Waals surface area contributed by atoms with Crippen molar-refractivity contribution in [2.45, 2.75) is 11.9 Å². The maximum atomic E-state index is 9.89. The molecule has 0 radical (unpaired) electrons. The fourth-order valence-corrected chi connectivity index (χ4v) is 0.648. The molecule has 2 atom stereocenters. The van der Waals surface area contributed by atoms with Gasteiger partial charge >= 0.3 is 21.5 Å². The van der Waals surface area contributed by atoms with Crippen LogP contribution in [0.25, 0.3) is 0 Å². The smallest absolute Gasteiger partial charge is 0.466 e. The van der Waals surface area contributed by atoms with Crippen molar-refractivity contribution in [3.05, 3.63) is 0 Å². The molecule has 0 spiro atoms. The highest BCUT2D eigenvalue weighted by atomic mass is 31.2. The lowest BCUT2D eigenvalue weighted by Crippen LogP contribution is -2.39. The number of carbonyl (C=O) groups is 1. The first-order valence-electron chi connectivity index (χ1n) is 3.05. The maximum Gasteiger partial charge on any atom is 0.466 e. The average Bonchev–Trinajstić information content (AvgIpc) is 1.98. The predicted octanol–water partition coefficient (Wildman–Crippen LogP) is -2.04. The highest BCUT2D eigenvalue weighted by molar-refractivity contribution is 7.45. The minimum atomic E-state index is -4.64. The lowest BCUT2D eigenvalue weighted by Gasteiger charge is -2.04. The van der Waals surface area contributed by atoms with E-state index >= 15 is 0 Å². The van der Waals surface area contributed by atoms with E-state index in [9.17, 15) is 13.9 Å². The number of aliphatic hydroxyl groups is 1. The largest absolute Gasteiger partial charge is 0.480 e. The van der Waals surface area contributed by atoms with Gasteiger partial charge in [0.2, 0.25) is 0 Å². The van der Waals surface area contributed by atoms with Crippen LogP contribution in [0.5, 0.6) is 0 Å². The Morgan fingerprint density at radius 1 is 1.27 bits per heavy atom. The Kier molecular flexibility index (Phi) is 7.63. The van der Waals surface area contributed by atoms with Crippen molar-refractivity contribution in [1.82, 2.24) is 0 Å². The summed E-state index contributed by atoms with van der Waals surface area (Å²) in [7, 11) is -7.82. The molecule has 0 aromatic rings. The fourth-order valence-electron chi connectivity index (χ4n) is 0.259. The first kappa shape index (κ1) is 16.8. The lowest BCUT2D eigenvalue weighted by atomic mass is 10.3. The molecule has 0 saturated carbocycles. The Hall–Kier alpha value is -0.600. The van der Waals surface area contributed by atoms with E-state index in [1.54, 1.807) is 0 Å². The van der Waals surface area contributed by atoms with Crippen molar-refractivity contribution in [3.63, 3.8) is 0 Å². The van der Waals surface area contributed by atoms with Gasteiger partial charge in [-0.2, -0.15) is 0 Å². The maximum absolute atomic E-state index is 9.89. The van der Waals surface area contributed by atoms with E-state index in [1.165, 1.54) is 0 Å². The highest BCUT2D eigenvalue weighted by Crippen LogP contribution is 2.25. The molecule has 0 saturated heterocycles. The second-order valence-corrected chi connectivity index (χ2v) is 4.20. The third-order valence-corrected chi connectivity index (χ3v) is 1.58. The van der Waals surface area contributed by atoms with Crippen molar-refractivity contribution in [1.29, 1.82) is 0 Å². The number of carboxylic acids is 1.